The van der Waals surface area contributed by atoms with Crippen molar-refractivity contribution in [1.82, 2.24) is 20.1 Å². The lowest BCUT2D eigenvalue weighted by atomic mass is 9.94. The number of rotatable bonds is 10. The minimum atomic E-state index is -0.254. The molecule has 2 N–H and O–H groups in total. The summed E-state index contributed by atoms with van der Waals surface area (Å²) in [6, 6.07) is 11.7. The number of ether oxygens (including phenoxy) is 1. The van der Waals surface area contributed by atoms with Gasteiger partial charge in [0.25, 0.3) is 11.5 Å². The van der Waals surface area contributed by atoms with Gasteiger partial charge in [0, 0.05) is 73.9 Å². The number of likely N-dealkylation sites (tertiary alicyclic amines) is 2. The Hall–Kier alpha value is -3.53. The van der Waals surface area contributed by atoms with Crippen molar-refractivity contribution < 1.29 is 13.9 Å². The molecule has 2 aliphatic heterocycles. The number of amides is 1. The molecule has 248 valence electrons. The highest BCUT2D eigenvalue weighted by atomic mass is 19.1. The largest absolute Gasteiger partial charge is 0.381 e. The molecule has 0 radical (unpaired) electrons. The third-order valence-corrected chi connectivity index (χ3v) is 9.97. The van der Waals surface area contributed by atoms with Crippen molar-refractivity contribution in [2.24, 2.45) is 0 Å². The molecule has 0 unspecified atom stereocenters. The number of pyridine rings is 1. The third kappa shape index (κ3) is 7.70. The Morgan fingerprint density at radius 3 is 2.37 bits per heavy atom. The SMILES string of the molecule is CCN(c1cc(-c2ccc(CN3CCC(OC)CC3)c(F)c2)cc(C(=O)NCc2c(C)cc(C)[nH]c2=O)c1C)C1CCN(C)CC1. The molecule has 3 heterocycles. The van der Waals surface area contributed by atoms with E-state index in [1.165, 1.54) is 0 Å². The van der Waals surface area contributed by atoms with Gasteiger partial charge in [-0.15, -0.1) is 0 Å². The van der Waals surface area contributed by atoms with Gasteiger partial charge in [0.1, 0.15) is 5.82 Å². The number of nitrogens with one attached hydrogen (secondary N) is 2. The number of nitrogens with zero attached hydrogens (tertiary/aromatic N) is 3. The second-order valence-corrected chi connectivity index (χ2v) is 13.1. The molecular formula is C37H50FN5O3. The summed E-state index contributed by atoms with van der Waals surface area (Å²) in [7, 11) is 3.91. The number of carbonyl (C=O) groups is 1. The first kappa shape index (κ1) is 33.8. The standard InChI is InChI=1S/C37H50FN5O3/c1-7-43(30-10-14-41(5)15-11-30)35-21-29(27-8-9-28(34(38)20-27)23-42-16-12-31(46-6)13-17-42)19-32(26(35)4)36(44)39-22-33-24(2)18-25(3)40-37(33)45/h8-9,18-21,30-31H,7,10-17,22-23H2,1-6H3,(H,39,44)(H,40,45). The van der Waals surface area contributed by atoms with Crippen LogP contribution in [0, 0.1) is 26.6 Å². The summed E-state index contributed by atoms with van der Waals surface area (Å²) in [5, 5.41) is 3.01. The molecule has 2 fully saturated rings. The Kier molecular flexibility index (Phi) is 11.0. The number of hydrogen-bond donors (Lipinski definition) is 2. The molecule has 9 heteroatoms. The summed E-state index contributed by atoms with van der Waals surface area (Å²) >= 11 is 0. The predicted octanol–water partition coefficient (Wildman–Crippen LogP) is 5.57. The van der Waals surface area contributed by atoms with E-state index in [2.05, 4.69) is 45.0 Å². The number of anilines is 1. The third-order valence-electron chi connectivity index (χ3n) is 9.97. The van der Waals surface area contributed by atoms with E-state index in [-0.39, 0.29) is 29.9 Å². The lowest BCUT2D eigenvalue weighted by molar-refractivity contribution is 0.0386. The highest BCUT2D eigenvalue weighted by Crippen LogP contribution is 2.35. The van der Waals surface area contributed by atoms with E-state index in [4.69, 9.17) is 4.74 Å². The summed E-state index contributed by atoms with van der Waals surface area (Å²) in [4.78, 5) is 36.4. The Balaban J connectivity index is 1.47. The molecule has 1 amide bonds. The highest BCUT2D eigenvalue weighted by Gasteiger charge is 2.26. The lowest BCUT2D eigenvalue weighted by Crippen LogP contribution is -2.44. The van der Waals surface area contributed by atoms with Crippen LogP contribution in [0.1, 0.15) is 70.9 Å². The summed E-state index contributed by atoms with van der Waals surface area (Å²) in [6.07, 6.45) is 4.27. The van der Waals surface area contributed by atoms with Gasteiger partial charge in [0.15, 0.2) is 0 Å². The molecule has 1 aromatic heterocycles. The van der Waals surface area contributed by atoms with Crippen molar-refractivity contribution in [1.29, 1.82) is 0 Å². The van der Waals surface area contributed by atoms with Crippen molar-refractivity contribution in [2.45, 2.75) is 78.6 Å². The number of piperidine rings is 2. The van der Waals surface area contributed by atoms with Crippen LogP contribution in [0.2, 0.25) is 0 Å². The zero-order valence-electron chi connectivity index (χ0n) is 28.3. The first-order chi connectivity index (χ1) is 22.1. The molecule has 2 aromatic carbocycles. The van der Waals surface area contributed by atoms with Crippen LogP contribution >= 0.6 is 0 Å². The molecule has 0 saturated carbocycles. The zero-order chi connectivity index (χ0) is 33.0. The van der Waals surface area contributed by atoms with Crippen LogP contribution in [0.3, 0.4) is 0 Å². The fraction of sp³-hybridized carbons (Fsp3) is 0.514. The molecule has 5 rings (SSSR count). The van der Waals surface area contributed by atoms with Crippen LogP contribution in [0.25, 0.3) is 11.1 Å². The fourth-order valence-corrected chi connectivity index (χ4v) is 7.10. The van der Waals surface area contributed by atoms with E-state index < -0.39 is 0 Å². The fourth-order valence-electron chi connectivity index (χ4n) is 7.10. The van der Waals surface area contributed by atoms with Gasteiger partial charge in [-0.2, -0.15) is 0 Å². The number of aromatic nitrogens is 1. The molecule has 46 heavy (non-hydrogen) atoms. The Morgan fingerprint density at radius 1 is 1.02 bits per heavy atom. The van der Waals surface area contributed by atoms with Gasteiger partial charge < -0.3 is 24.8 Å². The number of methoxy groups -OCH3 is 1. The number of aromatic amines is 1. The van der Waals surface area contributed by atoms with E-state index in [0.717, 1.165) is 92.0 Å². The topological polar surface area (TPSA) is 80.9 Å². The number of benzene rings is 2. The maximum atomic E-state index is 15.7. The monoisotopic (exact) mass is 631 g/mol. The summed E-state index contributed by atoms with van der Waals surface area (Å²) < 4.78 is 21.2. The normalized spacial score (nSPS) is 16.9. The van der Waals surface area contributed by atoms with Gasteiger partial charge >= 0.3 is 0 Å². The number of aryl methyl sites for hydroxylation is 2. The van der Waals surface area contributed by atoms with Crippen LogP contribution in [0.5, 0.6) is 0 Å². The Labute approximate surface area is 272 Å². The van der Waals surface area contributed by atoms with E-state index in [1.807, 2.05) is 45.0 Å². The highest BCUT2D eigenvalue weighted by molar-refractivity contribution is 5.99. The van der Waals surface area contributed by atoms with Gasteiger partial charge in [-0.1, -0.05) is 12.1 Å². The van der Waals surface area contributed by atoms with Crippen molar-refractivity contribution in [3.8, 4) is 11.1 Å². The predicted molar refractivity (Wildman–Crippen MR) is 183 cm³/mol. The molecular weight excluding hydrogens is 581 g/mol. The second-order valence-electron chi connectivity index (χ2n) is 13.1. The molecule has 8 nitrogen and oxygen atoms in total. The van der Waals surface area contributed by atoms with Crippen LogP contribution in [0.15, 0.2) is 41.2 Å². The lowest BCUT2D eigenvalue weighted by Gasteiger charge is -2.39. The molecule has 0 aliphatic carbocycles. The number of hydrogen-bond acceptors (Lipinski definition) is 6. The van der Waals surface area contributed by atoms with Gasteiger partial charge in [0.2, 0.25) is 0 Å². The van der Waals surface area contributed by atoms with Crippen LogP contribution in [-0.2, 0) is 17.8 Å². The molecule has 0 spiro atoms. The van der Waals surface area contributed by atoms with Crippen molar-refractivity contribution in [2.75, 3.05) is 51.8 Å². The van der Waals surface area contributed by atoms with Crippen LogP contribution in [-0.4, -0.2) is 79.7 Å². The van der Waals surface area contributed by atoms with Crippen molar-refractivity contribution >= 4 is 11.6 Å². The number of halogens is 1. The Bertz CT molecular complexity index is 1590. The van der Waals surface area contributed by atoms with E-state index in [1.54, 1.807) is 13.2 Å². The van der Waals surface area contributed by atoms with Gasteiger partial charge in [-0.05, 0) is 120 Å². The van der Waals surface area contributed by atoms with Gasteiger partial charge in [-0.3, -0.25) is 14.5 Å². The second kappa shape index (κ2) is 14.9. The average molecular weight is 632 g/mol. The summed E-state index contributed by atoms with van der Waals surface area (Å²) in [5.74, 6) is -0.493. The molecule has 2 aliphatic rings. The van der Waals surface area contributed by atoms with Crippen molar-refractivity contribution in [3.63, 3.8) is 0 Å². The molecule has 3 aromatic rings. The first-order valence-electron chi connectivity index (χ1n) is 16.7. The van der Waals surface area contributed by atoms with Crippen molar-refractivity contribution in [3.05, 3.63) is 86.1 Å². The molecule has 0 atom stereocenters. The minimum absolute atomic E-state index is 0.122. The summed E-state index contributed by atoms with van der Waals surface area (Å²) in [5.41, 5.74) is 6.59. The summed E-state index contributed by atoms with van der Waals surface area (Å²) in [6.45, 7) is 13.2. The van der Waals surface area contributed by atoms with E-state index in [9.17, 15) is 9.59 Å². The zero-order valence-corrected chi connectivity index (χ0v) is 28.3. The number of carbonyl (C=O) groups excluding carboxylic acids is 1. The number of H-pyrrole nitrogens is 1. The molecule has 2 saturated heterocycles. The first-order valence-corrected chi connectivity index (χ1v) is 16.7. The van der Waals surface area contributed by atoms with E-state index >= 15 is 4.39 Å². The average Bonchev–Trinajstić information content (AvgIpc) is 3.03. The van der Waals surface area contributed by atoms with Gasteiger partial charge in [-0.25, -0.2) is 4.39 Å². The smallest absolute Gasteiger partial charge is 0.253 e. The van der Waals surface area contributed by atoms with Crippen LogP contribution < -0.4 is 15.8 Å². The van der Waals surface area contributed by atoms with Gasteiger partial charge in [0.05, 0.1) is 6.10 Å². The van der Waals surface area contributed by atoms with E-state index in [0.29, 0.717) is 29.3 Å². The maximum absolute atomic E-state index is 15.7. The quantitative estimate of drug-likeness (QED) is 0.305. The Morgan fingerprint density at radius 2 is 1.74 bits per heavy atom. The minimum Gasteiger partial charge on any atom is -0.381 e. The molecule has 0 bridgehead atoms. The maximum Gasteiger partial charge on any atom is 0.253 e. The van der Waals surface area contributed by atoms with Crippen LogP contribution in [0.4, 0.5) is 10.1 Å².